The molecule has 9 rings (SSSR count). The lowest BCUT2D eigenvalue weighted by molar-refractivity contribution is 0.293. The molecular weight excluding hydrogens is 654 g/mol. The molecule has 6 aromatic rings. The third-order valence-electron chi connectivity index (χ3n) is 11.7. The Labute approximate surface area is 307 Å². The fourth-order valence-electron chi connectivity index (χ4n) is 8.84. The Morgan fingerprint density at radius 2 is 1.56 bits per heavy atom. The van der Waals surface area contributed by atoms with Crippen molar-refractivity contribution in [2.75, 3.05) is 0 Å². The predicted octanol–water partition coefficient (Wildman–Crippen LogP) is 10.1. The molecule has 5 heteroatoms. The highest BCUT2D eigenvalue weighted by atomic mass is 31.2. The number of H-pyrrole nitrogens is 1. The van der Waals surface area contributed by atoms with Gasteiger partial charge in [-0.3, -0.25) is 4.98 Å². The molecule has 3 aliphatic rings. The van der Waals surface area contributed by atoms with Crippen molar-refractivity contribution in [2.45, 2.75) is 58.8 Å². The van der Waals surface area contributed by atoms with Gasteiger partial charge in [-0.05, 0) is 92.0 Å². The van der Waals surface area contributed by atoms with Crippen LogP contribution in [0.4, 0.5) is 0 Å². The van der Waals surface area contributed by atoms with E-state index in [1.54, 1.807) is 6.20 Å². The molecule has 52 heavy (non-hydrogen) atoms. The van der Waals surface area contributed by atoms with Gasteiger partial charge in [0.25, 0.3) is 0 Å². The summed E-state index contributed by atoms with van der Waals surface area (Å²) in [6.07, 6.45) is 11.5. The van der Waals surface area contributed by atoms with Crippen LogP contribution in [0, 0.1) is 11.3 Å². The number of aromatic amines is 1. The minimum absolute atomic E-state index is 0.00903. The van der Waals surface area contributed by atoms with Gasteiger partial charge in [-0.25, -0.2) is 4.98 Å². The van der Waals surface area contributed by atoms with Crippen molar-refractivity contribution in [1.29, 1.82) is 0 Å². The Morgan fingerprint density at radius 3 is 2.31 bits per heavy atom. The molecular formula is C47H44N3OP. The second kappa shape index (κ2) is 11.5. The Bertz CT molecular complexity index is 2490. The van der Waals surface area contributed by atoms with Crippen LogP contribution in [-0.4, -0.2) is 15.0 Å². The number of imidazole rings is 1. The fraction of sp³-hybridized carbons (Fsp3) is 0.234. The minimum atomic E-state index is -3.30. The molecule has 4 nitrogen and oxygen atoms in total. The highest BCUT2D eigenvalue weighted by molar-refractivity contribution is 7.86. The van der Waals surface area contributed by atoms with Gasteiger partial charge >= 0.3 is 0 Å². The van der Waals surface area contributed by atoms with Crippen LogP contribution in [0.2, 0.25) is 0 Å². The zero-order chi connectivity index (χ0) is 36.0. The van der Waals surface area contributed by atoms with E-state index in [0.717, 1.165) is 56.1 Å². The Kier molecular flexibility index (Phi) is 7.24. The molecule has 1 N–H and O–H groups in total. The lowest BCUT2D eigenvalue weighted by atomic mass is 9.66. The maximum atomic E-state index is 16.2. The minimum Gasteiger partial charge on any atom is -0.345 e. The molecule has 0 saturated carbocycles. The van der Waals surface area contributed by atoms with Crippen LogP contribution in [0.5, 0.6) is 0 Å². The van der Waals surface area contributed by atoms with Gasteiger partial charge in [-0.15, -0.1) is 0 Å². The van der Waals surface area contributed by atoms with Gasteiger partial charge < -0.3 is 9.55 Å². The molecule has 0 amide bonds. The van der Waals surface area contributed by atoms with Crippen molar-refractivity contribution in [2.24, 2.45) is 11.3 Å². The summed E-state index contributed by atoms with van der Waals surface area (Å²) < 4.78 is 16.2. The van der Waals surface area contributed by atoms with Gasteiger partial charge in [0.2, 0.25) is 0 Å². The number of nitrogens with zero attached hydrogens (tertiary/aromatic N) is 2. The number of hydrogen-bond acceptors (Lipinski definition) is 3. The van der Waals surface area contributed by atoms with Crippen molar-refractivity contribution >= 4 is 28.6 Å². The molecule has 3 heterocycles. The summed E-state index contributed by atoms with van der Waals surface area (Å²) >= 11 is 0. The van der Waals surface area contributed by atoms with E-state index in [9.17, 15) is 0 Å². The third-order valence-corrected chi connectivity index (χ3v) is 14.8. The first kappa shape index (κ1) is 32.8. The Balaban J connectivity index is 1.32. The third kappa shape index (κ3) is 4.70. The Morgan fingerprint density at radius 1 is 0.750 bits per heavy atom. The maximum absolute atomic E-state index is 16.2. The summed E-state index contributed by atoms with van der Waals surface area (Å²) in [7, 11) is -3.30. The molecule has 2 unspecified atom stereocenters. The number of benzene rings is 4. The van der Waals surface area contributed by atoms with Crippen LogP contribution in [0.25, 0.3) is 28.1 Å². The van der Waals surface area contributed by atoms with Crippen LogP contribution in [0.1, 0.15) is 75.9 Å². The average Bonchev–Trinajstić information content (AvgIpc) is 3.85. The fourth-order valence-corrected chi connectivity index (χ4v) is 12.0. The lowest BCUT2D eigenvalue weighted by Gasteiger charge is -2.36. The van der Waals surface area contributed by atoms with Gasteiger partial charge in [0.05, 0.1) is 11.1 Å². The van der Waals surface area contributed by atoms with Crippen molar-refractivity contribution in [3.8, 4) is 22.5 Å². The van der Waals surface area contributed by atoms with Gasteiger partial charge in [0.1, 0.15) is 5.82 Å². The number of pyridine rings is 1. The van der Waals surface area contributed by atoms with Crippen LogP contribution >= 0.6 is 7.14 Å². The molecule has 0 spiro atoms. The summed E-state index contributed by atoms with van der Waals surface area (Å²) in [5, 5.41) is 2.58. The number of nitrogens with one attached hydrogen (secondary N) is 1. The molecule has 258 valence electrons. The number of fused-ring (bicyclic) bond motifs is 6. The van der Waals surface area contributed by atoms with E-state index in [4.69, 9.17) is 4.98 Å². The second-order valence-corrected chi connectivity index (χ2v) is 19.4. The van der Waals surface area contributed by atoms with Gasteiger partial charge in [-0.2, -0.15) is 0 Å². The summed E-state index contributed by atoms with van der Waals surface area (Å²) in [6, 6.07) is 36.5. The Hall–Kier alpha value is -5.05. The second-order valence-electron chi connectivity index (χ2n) is 16.7. The molecule has 0 radical (unpaired) electrons. The molecule has 0 saturated heterocycles. The van der Waals surface area contributed by atoms with E-state index in [2.05, 4.69) is 149 Å². The smallest absolute Gasteiger partial charge is 0.172 e. The van der Waals surface area contributed by atoms with Crippen molar-refractivity contribution in [3.63, 3.8) is 0 Å². The zero-order valence-corrected chi connectivity index (χ0v) is 31.6. The molecule has 3 atom stereocenters. The molecule has 2 aliphatic carbocycles. The molecule has 4 aromatic carbocycles. The molecule has 0 fully saturated rings. The van der Waals surface area contributed by atoms with Crippen LogP contribution < -0.4 is 15.9 Å². The van der Waals surface area contributed by atoms with Crippen molar-refractivity contribution in [3.05, 3.63) is 167 Å². The SMILES string of the molecule is CC(C)(C)c1ccc2c(c1)C1=CC(C(C)(C)C)CC=C1[C@@]2(c1cccc(P2(=O)c3ccccc3-c3ccc(-c4ncc[nH]4)cc32)c1)c1ccccn1. The topological polar surface area (TPSA) is 58.6 Å². The quantitative estimate of drug-likeness (QED) is 0.186. The summed E-state index contributed by atoms with van der Waals surface area (Å²) in [5.41, 5.74) is 10.9. The van der Waals surface area contributed by atoms with Gasteiger partial charge in [-0.1, -0.05) is 133 Å². The summed E-state index contributed by atoms with van der Waals surface area (Å²) in [6.45, 7) is 13.9. The average molecular weight is 698 g/mol. The monoisotopic (exact) mass is 697 g/mol. The van der Waals surface area contributed by atoms with Crippen molar-refractivity contribution < 1.29 is 4.57 Å². The largest absolute Gasteiger partial charge is 0.345 e. The maximum Gasteiger partial charge on any atom is 0.172 e. The molecule has 2 aromatic heterocycles. The standard InChI is InChI=1S/C47H44N3OP/c1-45(2,3)31-18-21-39-37(28-31)38-29-32(46(4,5)6)19-22-40(38)47(39,43-16-9-10-23-48-43)33-12-11-13-34(27-33)52(51)41-15-8-7-14-35(41)36-20-17-30(26-42(36)52)44-49-24-25-50-44/h7-18,20-29,32H,19H2,1-6H3,(H,49,50)/t32?,47-,52?/m0/s1. The number of aromatic nitrogens is 3. The lowest BCUT2D eigenvalue weighted by Crippen LogP contribution is -2.32. The van der Waals surface area contributed by atoms with Crippen LogP contribution in [0.3, 0.4) is 0 Å². The zero-order valence-electron chi connectivity index (χ0n) is 30.7. The van der Waals surface area contributed by atoms with E-state index in [1.165, 1.54) is 27.8 Å². The normalized spacial score (nSPS) is 21.8. The van der Waals surface area contributed by atoms with Gasteiger partial charge in [0.15, 0.2) is 7.14 Å². The highest BCUT2D eigenvalue weighted by Crippen LogP contribution is 2.60. The molecule has 0 bridgehead atoms. The number of allylic oxidation sites excluding steroid dienone is 4. The van der Waals surface area contributed by atoms with E-state index in [0.29, 0.717) is 5.92 Å². The van der Waals surface area contributed by atoms with Gasteiger partial charge in [0, 0.05) is 40.1 Å². The van der Waals surface area contributed by atoms with E-state index in [-0.39, 0.29) is 10.8 Å². The highest BCUT2D eigenvalue weighted by Gasteiger charge is 2.51. The first-order valence-electron chi connectivity index (χ1n) is 18.4. The van der Waals surface area contributed by atoms with E-state index < -0.39 is 12.6 Å². The first-order valence-corrected chi connectivity index (χ1v) is 20.1. The van der Waals surface area contributed by atoms with Crippen molar-refractivity contribution in [1.82, 2.24) is 15.0 Å². The summed E-state index contributed by atoms with van der Waals surface area (Å²) in [5.74, 6) is 1.16. The van der Waals surface area contributed by atoms with E-state index >= 15 is 4.57 Å². The number of hydrogen-bond donors (Lipinski definition) is 1. The first-order chi connectivity index (χ1) is 24.9. The van der Waals surface area contributed by atoms with E-state index in [1.807, 2.05) is 30.6 Å². The predicted molar refractivity (Wildman–Crippen MR) is 215 cm³/mol. The number of rotatable bonds is 4. The summed E-state index contributed by atoms with van der Waals surface area (Å²) in [4.78, 5) is 12.9. The van der Waals surface area contributed by atoms with Crippen LogP contribution in [-0.2, 0) is 15.4 Å². The molecule has 1 aliphatic heterocycles. The van der Waals surface area contributed by atoms with Crippen LogP contribution in [0.15, 0.2) is 139 Å².